The van der Waals surface area contributed by atoms with Crippen molar-refractivity contribution >= 4 is 27.5 Å². The Morgan fingerprint density at radius 2 is 1.62 bits per heavy atom. The maximum absolute atomic E-state index is 13.0. The van der Waals surface area contributed by atoms with Crippen molar-refractivity contribution in [1.82, 2.24) is 14.5 Å². The number of nitrogens with zero attached hydrogens (tertiary/aromatic N) is 2. The average Bonchev–Trinajstić information content (AvgIpc) is 2.79. The van der Waals surface area contributed by atoms with Gasteiger partial charge in [-0.15, -0.1) is 0 Å². The Hall–Kier alpha value is -2.75. The maximum atomic E-state index is 13.0. The van der Waals surface area contributed by atoms with E-state index in [4.69, 9.17) is 0 Å². The number of hydrogen-bond donors (Lipinski definition) is 2. The monoisotopic (exact) mass is 486 g/mol. The predicted octanol–water partition coefficient (Wildman–Crippen LogP) is 2.93. The van der Waals surface area contributed by atoms with E-state index in [1.54, 1.807) is 41.6 Å². The zero-order chi connectivity index (χ0) is 24.9. The summed E-state index contributed by atoms with van der Waals surface area (Å²) in [6.45, 7) is 10.2. The number of rotatable bonds is 7. The minimum absolute atomic E-state index is 0.116. The highest BCUT2D eigenvalue weighted by atomic mass is 32.2. The van der Waals surface area contributed by atoms with Crippen molar-refractivity contribution in [1.29, 1.82) is 0 Å². The Morgan fingerprint density at radius 1 is 0.941 bits per heavy atom. The number of benzene rings is 2. The molecule has 34 heavy (non-hydrogen) atoms. The Kier molecular flexibility index (Phi) is 8.12. The minimum atomic E-state index is -3.16. The molecule has 0 saturated carbocycles. The predicted molar refractivity (Wildman–Crippen MR) is 134 cm³/mol. The van der Waals surface area contributed by atoms with Crippen LogP contribution in [0.3, 0.4) is 0 Å². The molecule has 0 atom stereocenters. The number of nitrogens with one attached hydrogen (secondary N) is 2. The molecule has 1 aliphatic rings. The van der Waals surface area contributed by atoms with Gasteiger partial charge in [0.1, 0.15) is 0 Å². The number of anilines is 1. The third-order valence-corrected chi connectivity index (χ3v) is 7.47. The van der Waals surface area contributed by atoms with Crippen LogP contribution in [0.25, 0.3) is 0 Å². The van der Waals surface area contributed by atoms with Crippen LogP contribution in [0, 0.1) is 0 Å². The second-order valence-electron chi connectivity index (χ2n) is 9.48. The normalized spacial score (nSPS) is 15.6. The van der Waals surface area contributed by atoms with Crippen LogP contribution in [0.1, 0.15) is 54.0 Å². The Bertz CT molecular complexity index is 1130. The van der Waals surface area contributed by atoms with Gasteiger partial charge in [-0.25, -0.2) is 8.42 Å². The molecule has 2 aromatic carbocycles. The highest BCUT2D eigenvalue weighted by Crippen LogP contribution is 2.19. The van der Waals surface area contributed by atoms with Crippen LogP contribution in [0.4, 0.5) is 5.69 Å². The highest BCUT2D eigenvalue weighted by molar-refractivity contribution is 7.89. The van der Waals surface area contributed by atoms with Crippen molar-refractivity contribution in [3.8, 4) is 0 Å². The van der Waals surface area contributed by atoms with Crippen LogP contribution in [0.2, 0.25) is 0 Å². The number of hydrogen-bond acceptors (Lipinski definition) is 5. The summed E-state index contributed by atoms with van der Waals surface area (Å²) in [5.41, 5.74) is 1.93. The third-order valence-electron chi connectivity index (χ3n) is 5.59. The van der Waals surface area contributed by atoms with Crippen LogP contribution in [0.5, 0.6) is 0 Å². The van der Waals surface area contributed by atoms with E-state index in [2.05, 4.69) is 15.5 Å². The smallest absolute Gasteiger partial charge is 0.255 e. The fourth-order valence-corrected chi connectivity index (χ4v) is 4.89. The summed E-state index contributed by atoms with van der Waals surface area (Å²) in [5.74, 6) is -0.427. The summed E-state index contributed by atoms with van der Waals surface area (Å²) >= 11 is 0. The first-order chi connectivity index (χ1) is 16.0. The van der Waals surface area contributed by atoms with Gasteiger partial charge in [0, 0.05) is 43.8 Å². The van der Waals surface area contributed by atoms with Crippen molar-refractivity contribution in [2.75, 3.05) is 37.2 Å². The van der Waals surface area contributed by atoms with Crippen molar-refractivity contribution in [2.45, 2.75) is 39.8 Å². The Balaban J connectivity index is 1.66. The van der Waals surface area contributed by atoms with Crippen LogP contribution >= 0.6 is 0 Å². The number of para-hydroxylation sites is 1. The van der Waals surface area contributed by atoms with Crippen molar-refractivity contribution in [2.24, 2.45) is 0 Å². The van der Waals surface area contributed by atoms with Crippen molar-refractivity contribution in [3.05, 3.63) is 65.2 Å². The molecule has 2 N–H and O–H groups in total. The van der Waals surface area contributed by atoms with E-state index >= 15 is 0 Å². The zero-order valence-electron chi connectivity index (χ0n) is 20.3. The molecule has 0 radical (unpaired) electrons. The molecule has 0 aliphatic carbocycles. The molecule has 1 fully saturated rings. The van der Waals surface area contributed by atoms with Gasteiger partial charge in [-0.2, -0.15) is 4.31 Å². The maximum Gasteiger partial charge on any atom is 0.255 e. The molecular weight excluding hydrogens is 452 g/mol. The van der Waals surface area contributed by atoms with E-state index < -0.39 is 15.6 Å². The van der Waals surface area contributed by atoms with E-state index in [1.165, 1.54) is 0 Å². The zero-order valence-corrected chi connectivity index (χ0v) is 21.1. The van der Waals surface area contributed by atoms with E-state index in [-0.39, 0.29) is 17.6 Å². The molecule has 0 unspecified atom stereocenters. The standard InChI is InChI=1S/C25H34N4O4S/c1-5-34(32,33)29-15-13-28(14-16-29)18-19-9-8-10-20(17-19)23(30)26-22-12-7-6-11-21(22)24(31)27-25(2,3)4/h6-12,17H,5,13-16,18H2,1-4H3,(H,26,30)(H,27,31). The molecule has 2 amide bonds. The summed E-state index contributed by atoms with van der Waals surface area (Å²) in [4.78, 5) is 27.8. The number of carbonyl (C=O) groups is 2. The lowest BCUT2D eigenvalue weighted by Crippen LogP contribution is -2.48. The first kappa shape index (κ1) is 25.9. The summed E-state index contributed by atoms with van der Waals surface area (Å²) < 4.78 is 25.7. The van der Waals surface area contributed by atoms with Crippen molar-refractivity contribution in [3.63, 3.8) is 0 Å². The second-order valence-corrected chi connectivity index (χ2v) is 11.7. The first-order valence-electron chi connectivity index (χ1n) is 11.5. The second kappa shape index (κ2) is 10.7. The van der Waals surface area contributed by atoms with Gasteiger partial charge in [-0.1, -0.05) is 24.3 Å². The van der Waals surface area contributed by atoms with Crippen LogP contribution in [-0.2, 0) is 16.6 Å². The van der Waals surface area contributed by atoms with Gasteiger partial charge in [-0.05, 0) is 57.5 Å². The molecule has 184 valence electrons. The molecule has 8 nitrogen and oxygen atoms in total. The van der Waals surface area contributed by atoms with Gasteiger partial charge in [0.2, 0.25) is 10.0 Å². The Labute approximate surface area is 202 Å². The van der Waals surface area contributed by atoms with E-state index in [0.717, 1.165) is 5.56 Å². The SMILES string of the molecule is CCS(=O)(=O)N1CCN(Cc2cccc(C(=O)Nc3ccccc3C(=O)NC(C)(C)C)c2)CC1. The molecule has 1 aliphatic heterocycles. The summed E-state index contributed by atoms with van der Waals surface area (Å²) in [6, 6.07) is 14.3. The number of amides is 2. The topological polar surface area (TPSA) is 98.8 Å². The molecule has 3 rings (SSSR count). The molecule has 0 spiro atoms. The van der Waals surface area contributed by atoms with Gasteiger partial charge in [-0.3, -0.25) is 14.5 Å². The molecule has 0 bridgehead atoms. The third kappa shape index (κ3) is 6.88. The van der Waals surface area contributed by atoms with Crippen LogP contribution in [-0.4, -0.2) is 66.9 Å². The highest BCUT2D eigenvalue weighted by Gasteiger charge is 2.25. The lowest BCUT2D eigenvalue weighted by molar-refractivity contribution is 0.0920. The van der Waals surface area contributed by atoms with Gasteiger partial charge in [0.15, 0.2) is 0 Å². The van der Waals surface area contributed by atoms with E-state index in [0.29, 0.717) is 49.5 Å². The fraction of sp³-hybridized carbons (Fsp3) is 0.440. The molecule has 0 aromatic heterocycles. The summed E-state index contributed by atoms with van der Waals surface area (Å²) in [5, 5.41) is 5.79. The van der Waals surface area contributed by atoms with E-state index in [9.17, 15) is 18.0 Å². The molecule has 1 heterocycles. The molecule has 9 heteroatoms. The minimum Gasteiger partial charge on any atom is -0.347 e. The number of piperazine rings is 1. The van der Waals surface area contributed by atoms with Gasteiger partial charge in [0.25, 0.3) is 11.8 Å². The van der Waals surface area contributed by atoms with Crippen molar-refractivity contribution < 1.29 is 18.0 Å². The van der Waals surface area contributed by atoms with Gasteiger partial charge < -0.3 is 10.6 Å². The largest absolute Gasteiger partial charge is 0.347 e. The van der Waals surface area contributed by atoms with Crippen LogP contribution < -0.4 is 10.6 Å². The lowest BCUT2D eigenvalue weighted by Gasteiger charge is -2.33. The van der Waals surface area contributed by atoms with Crippen LogP contribution in [0.15, 0.2) is 48.5 Å². The average molecular weight is 487 g/mol. The molecule has 2 aromatic rings. The summed E-state index contributed by atoms with van der Waals surface area (Å²) in [7, 11) is -3.16. The quantitative estimate of drug-likeness (QED) is 0.627. The molecule has 1 saturated heterocycles. The van der Waals surface area contributed by atoms with E-state index in [1.807, 2.05) is 39.0 Å². The Morgan fingerprint density at radius 3 is 2.26 bits per heavy atom. The molecular formula is C25H34N4O4S. The van der Waals surface area contributed by atoms with Gasteiger partial charge >= 0.3 is 0 Å². The fourth-order valence-electron chi connectivity index (χ4n) is 3.81. The summed E-state index contributed by atoms with van der Waals surface area (Å²) in [6.07, 6.45) is 0. The lowest BCUT2D eigenvalue weighted by atomic mass is 10.1. The number of carbonyl (C=O) groups excluding carboxylic acids is 2. The first-order valence-corrected chi connectivity index (χ1v) is 13.1. The van der Waals surface area contributed by atoms with Gasteiger partial charge in [0.05, 0.1) is 17.0 Å². The number of sulfonamides is 1.